The van der Waals surface area contributed by atoms with E-state index in [9.17, 15) is 0 Å². The standard InChI is InChI=1S/C13H21NO2/c1-11(8-9-15)14-13(10-16-2)12-6-4-3-5-7-12/h3-7,11,13-15H,8-10H2,1-2H3. The highest BCUT2D eigenvalue weighted by atomic mass is 16.5. The van der Waals surface area contributed by atoms with Gasteiger partial charge in [-0.3, -0.25) is 0 Å². The van der Waals surface area contributed by atoms with E-state index in [-0.39, 0.29) is 18.7 Å². The Morgan fingerprint density at radius 2 is 2.00 bits per heavy atom. The normalized spacial score (nSPS) is 14.7. The lowest BCUT2D eigenvalue weighted by Crippen LogP contribution is -2.33. The predicted octanol–water partition coefficient (Wildman–Crippen LogP) is 1.73. The lowest BCUT2D eigenvalue weighted by molar-refractivity contribution is 0.158. The molecule has 2 atom stereocenters. The van der Waals surface area contributed by atoms with Crippen LogP contribution in [0.25, 0.3) is 0 Å². The molecule has 0 saturated heterocycles. The summed E-state index contributed by atoms with van der Waals surface area (Å²) in [5, 5.41) is 12.3. The number of methoxy groups -OCH3 is 1. The van der Waals surface area contributed by atoms with Crippen LogP contribution in [0.4, 0.5) is 0 Å². The van der Waals surface area contributed by atoms with Crippen LogP contribution in [0.5, 0.6) is 0 Å². The van der Waals surface area contributed by atoms with Crippen molar-refractivity contribution in [2.75, 3.05) is 20.3 Å². The van der Waals surface area contributed by atoms with E-state index in [1.54, 1.807) is 7.11 Å². The Morgan fingerprint density at radius 3 is 2.56 bits per heavy atom. The molecule has 2 unspecified atom stereocenters. The van der Waals surface area contributed by atoms with Crippen LogP contribution in [0.1, 0.15) is 24.9 Å². The van der Waals surface area contributed by atoms with Gasteiger partial charge in [0.25, 0.3) is 0 Å². The second-order valence-corrected chi connectivity index (χ2v) is 4.00. The maximum absolute atomic E-state index is 8.88. The molecule has 0 aliphatic carbocycles. The van der Waals surface area contributed by atoms with Crippen LogP contribution >= 0.6 is 0 Å². The van der Waals surface area contributed by atoms with Crippen molar-refractivity contribution in [3.63, 3.8) is 0 Å². The smallest absolute Gasteiger partial charge is 0.0657 e. The maximum Gasteiger partial charge on any atom is 0.0657 e. The summed E-state index contributed by atoms with van der Waals surface area (Å²) in [6, 6.07) is 10.7. The number of rotatable bonds is 7. The van der Waals surface area contributed by atoms with E-state index in [4.69, 9.17) is 9.84 Å². The number of hydrogen-bond donors (Lipinski definition) is 2. The maximum atomic E-state index is 8.88. The second kappa shape index (κ2) is 7.39. The summed E-state index contributed by atoms with van der Waals surface area (Å²) in [7, 11) is 1.70. The van der Waals surface area contributed by atoms with Crippen LogP contribution in [-0.4, -0.2) is 31.5 Å². The molecule has 90 valence electrons. The first-order chi connectivity index (χ1) is 7.77. The molecule has 0 radical (unpaired) electrons. The van der Waals surface area contributed by atoms with Gasteiger partial charge in [0.1, 0.15) is 0 Å². The number of nitrogens with one attached hydrogen (secondary N) is 1. The number of benzene rings is 1. The fourth-order valence-corrected chi connectivity index (χ4v) is 1.71. The zero-order valence-corrected chi connectivity index (χ0v) is 10.0. The average Bonchev–Trinajstić information content (AvgIpc) is 2.30. The molecule has 3 heteroatoms. The van der Waals surface area contributed by atoms with Gasteiger partial charge in [0, 0.05) is 19.8 Å². The Bertz CT molecular complexity index is 277. The molecule has 1 aromatic carbocycles. The van der Waals surface area contributed by atoms with E-state index in [1.807, 2.05) is 18.2 Å². The summed E-state index contributed by atoms with van der Waals surface area (Å²) in [6.07, 6.45) is 0.757. The summed E-state index contributed by atoms with van der Waals surface area (Å²) in [6.45, 7) is 2.92. The van der Waals surface area contributed by atoms with Crippen molar-refractivity contribution in [1.82, 2.24) is 5.32 Å². The van der Waals surface area contributed by atoms with Gasteiger partial charge >= 0.3 is 0 Å². The highest BCUT2D eigenvalue weighted by Crippen LogP contribution is 2.14. The van der Waals surface area contributed by atoms with Crippen molar-refractivity contribution >= 4 is 0 Å². The van der Waals surface area contributed by atoms with Gasteiger partial charge in [-0.15, -0.1) is 0 Å². The molecule has 1 rings (SSSR count). The van der Waals surface area contributed by atoms with E-state index in [0.717, 1.165) is 6.42 Å². The largest absolute Gasteiger partial charge is 0.396 e. The second-order valence-electron chi connectivity index (χ2n) is 4.00. The van der Waals surface area contributed by atoms with Crippen molar-refractivity contribution in [2.24, 2.45) is 0 Å². The SMILES string of the molecule is COCC(NC(C)CCO)c1ccccc1. The Morgan fingerprint density at radius 1 is 1.31 bits per heavy atom. The van der Waals surface area contributed by atoms with Gasteiger partial charge in [0.05, 0.1) is 12.6 Å². The summed E-state index contributed by atoms with van der Waals surface area (Å²) in [5.74, 6) is 0. The average molecular weight is 223 g/mol. The van der Waals surface area contributed by atoms with Gasteiger partial charge in [-0.05, 0) is 18.9 Å². The first kappa shape index (κ1) is 13.2. The van der Waals surface area contributed by atoms with Gasteiger partial charge in [-0.1, -0.05) is 30.3 Å². The van der Waals surface area contributed by atoms with Crippen LogP contribution in [0.3, 0.4) is 0 Å². The minimum absolute atomic E-state index is 0.188. The van der Waals surface area contributed by atoms with Gasteiger partial charge in [-0.2, -0.15) is 0 Å². The van der Waals surface area contributed by atoms with E-state index < -0.39 is 0 Å². The minimum atomic E-state index is 0.188. The van der Waals surface area contributed by atoms with Crippen LogP contribution in [-0.2, 0) is 4.74 Å². The zero-order chi connectivity index (χ0) is 11.8. The Labute approximate surface area is 97.4 Å². The van der Waals surface area contributed by atoms with Crippen molar-refractivity contribution in [3.8, 4) is 0 Å². The van der Waals surface area contributed by atoms with Gasteiger partial charge in [-0.25, -0.2) is 0 Å². The van der Waals surface area contributed by atoms with Crippen molar-refractivity contribution in [1.29, 1.82) is 0 Å². The van der Waals surface area contributed by atoms with Crippen molar-refractivity contribution in [2.45, 2.75) is 25.4 Å². The molecule has 0 spiro atoms. The van der Waals surface area contributed by atoms with Gasteiger partial charge in [0.15, 0.2) is 0 Å². The van der Waals surface area contributed by atoms with Gasteiger partial charge < -0.3 is 15.2 Å². The molecule has 16 heavy (non-hydrogen) atoms. The lowest BCUT2D eigenvalue weighted by Gasteiger charge is -2.22. The van der Waals surface area contributed by atoms with Crippen LogP contribution in [0, 0.1) is 0 Å². The third kappa shape index (κ3) is 4.31. The number of aliphatic hydroxyl groups is 1. The van der Waals surface area contributed by atoms with Crippen LogP contribution in [0.15, 0.2) is 30.3 Å². The molecule has 0 heterocycles. The van der Waals surface area contributed by atoms with E-state index >= 15 is 0 Å². The monoisotopic (exact) mass is 223 g/mol. The summed E-state index contributed by atoms with van der Waals surface area (Å²) in [4.78, 5) is 0. The highest BCUT2D eigenvalue weighted by molar-refractivity contribution is 5.19. The van der Waals surface area contributed by atoms with Gasteiger partial charge in [0.2, 0.25) is 0 Å². The fourth-order valence-electron chi connectivity index (χ4n) is 1.71. The molecule has 1 aromatic rings. The zero-order valence-electron chi connectivity index (χ0n) is 10.0. The first-order valence-corrected chi connectivity index (χ1v) is 5.68. The molecule has 0 saturated carbocycles. The Kier molecular flexibility index (Phi) is 6.08. The van der Waals surface area contributed by atoms with E-state index in [2.05, 4.69) is 24.4 Å². The van der Waals surface area contributed by atoms with Crippen molar-refractivity contribution < 1.29 is 9.84 Å². The predicted molar refractivity (Wildman–Crippen MR) is 65.4 cm³/mol. The molecular formula is C13H21NO2. The molecule has 0 aliphatic rings. The minimum Gasteiger partial charge on any atom is -0.396 e. The van der Waals surface area contributed by atoms with E-state index in [0.29, 0.717) is 6.61 Å². The molecule has 0 aliphatic heterocycles. The molecule has 0 fully saturated rings. The third-order valence-corrected chi connectivity index (χ3v) is 2.58. The Hall–Kier alpha value is -0.900. The first-order valence-electron chi connectivity index (χ1n) is 5.68. The van der Waals surface area contributed by atoms with Crippen molar-refractivity contribution in [3.05, 3.63) is 35.9 Å². The molecule has 0 bridgehead atoms. The Balaban J connectivity index is 2.60. The molecule has 2 N–H and O–H groups in total. The highest BCUT2D eigenvalue weighted by Gasteiger charge is 2.13. The summed E-state index contributed by atoms with van der Waals surface area (Å²) >= 11 is 0. The quantitative estimate of drug-likeness (QED) is 0.739. The molecular weight excluding hydrogens is 202 g/mol. The molecule has 3 nitrogen and oxygen atoms in total. The molecule has 0 aromatic heterocycles. The number of ether oxygens (including phenoxy) is 1. The van der Waals surface area contributed by atoms with E-state index in [1.165, 1.54) is 5.56 Å². The number of aliphatic hydroxyl groups excluding tert-OH is 1. The van der Waals surface area contributed by atoms with Crippen LogP contribution in [0.2, 0.25) is 0 Å². The summed E-state index contributed by atoms with van der Waals surface area (Å²) in [5.41, 5.74) is 1.22. The third-order valence-electron chi connectivity index (χ3n) is 2.58. The summed E-state index contributed by atoms with van der Waals surface area (Å²) < 4.78 is 5.21. The fraction of sp³-hybridized carbons (Fsp3) is 0.538. The molecule has 0 amide bonds. The van der Waals surface area contributed by atoms with Crippen LogP contribution < -0.4 is 5.32 Å². The lowest BCUT2D eigenvalue weighted by atomic mass is 10.1. The topological polar surface area (TPSA) is 41.5 Å². The number of hydrogen-bond acceptors (Lipinski definition) is 3.